The van der Waals surface area contributed by atoms with Gasteiger partial charge in [0.05, 0.1) is 0 Å². The Morgan fingerprint density at radius 1 is 1.86 bits per heavy atom. The van der Waals surface area contributed by atoms with E-state index in [2.05, 4.69) is 5.32 Å². The van der Waals surface area contributed by atoms with Crippen LogP contribution in [0.1, 0.15) is 6.92 Å². The smallest absolute Gasteiger partial charge is 0.155 e. The van der Waals surface area contributed by atoms with Gasteiger partial charge < -0.3 is 10.8 Å². The number of nitrogens with two attached hydrogens (primary N) is 1. The Labute approximate surface area is 43.5 Å². The molecule has 4 N–H and O–H groups in total. The first kappa shape index (κ1) is 6.88. The van der Waals surface area contributed by atoms with Crippen molar-refractivity contribution in [2.24, 2.45) is 5.73 Å². The third kappa shape index (κ3) is 5.88. The second-order valence-corrected chi connectivity index (χ2v) is 1.30. The van der Waals surface area contributed by atoms with Crippen LogP contribution in [-0.4, -0.2) is 18.2 Å². The van der Waals surface area contributed by atoms with Gasteiger partial charge in [-0.1, -0.05) is 0 Å². The van der Waals surface area contributed by atoms with E-state index in [1.807, 2.05) is 0 Å². The quantitative estimate of drug-likeness (QED) is 0.447. The molecule has 0 aromatic heterocycles. The molecule has 0 aliphatic carbocycles. The van der Waals surface area contributed by atoms with Crippen LogP contribution in [0.3, 0.4) is 0 Å². The molecular weight excluding hydrogens is 92.1 g/mol. The first-order chi connectivity index (χ1) is 3.27. The Morgan fingerprint density at radius 3 is 2.57 bits per heavy atom. The average molecular weight is 103 g/mol. The highest BCUT2D eigenvalue weighted by molar-refractivity contribution is 4.62. The molecule has 0 amide bonds. The zero-order chi connectivity index (χ0) is 5.70. The highest BCUT2D eigenvalue weighted by Gasteiger charge is 1.89. The minimum absolute atomic E-state index is 0.227. The Hall–Kier alpha value is -0.120. The Morgan fingerprint density at radius 2 is 2.43 bits per heavy atom. The second kappa shape index (κ2) is 4.05. The standard InChI is InChI=1S/C4H11N2O/c1-4(7)6-3-2-5/h6-7H,2-3,5H2,1H3. The molecule has 3 heteroatoms. The van der Waals surface area contributed by atoms with E-state index < -0.39 is 0 Å². The van der Waals surface area contributed by atoms with Crippen molar-refractivity contribution < 1.29 is 5.11 Å². The molecular formula is C4H11N2O. The molecule has 0 rings (SSSR count). The summed E-state index contributed by atoms with van der Waals surface area (Å²) in [5.74, 6) is 0. The molecule has 43 valence electrons. The highest BCUT2D eigenvalue weighted by atomic mass is 16.3. The average Bonchev–Trinajstić information content (AvgIpc) is 1.61. The monoisotopic (exact) mass is 103 g/mol. The third-order valence-electron chi connectivity index (χ3n) is 0.525. The van der Waals surface area contributed by atoms with Gasteiger partial charge in [-0.2, -0.15) is 0 Å². The van der Waals surface area contributed by atoms with E-state index in [1.165, 1.54) is 0 Å². The molecule has 3 nitrogen and oxygen atoms in total. The van der Waals surface area contributed by atoms with Crippen molar-refractivity contribution in [2.45, 2.75) is 6.92 Å². The van der Waals surface area contributed by atoms with Gasteiger partial charge in [0.2, 0.25) is 0 Å². The number of aliphatic hydroxyl groups is 1. The van der Waals surface area contributed by atoms with Crippen LogP contribution >= 0.6 is 0 Å². The van der Waals surface area contributed by atoms with Gasteiger partial charge in [-0.05, 0) is 6.92 Å². The first-order valence-electron chi connectivity index (χ1n) is 2.24. The van der Waals surface area contributed by atoms with E-state index in [4.69, 9.17) is 10.8 Å². The summed E-state index contributed by atoms with van der Waals surface area (Å²) in [7, 11) is 0. The van der Waals surface area contributed by atoms with E-state index in [0.717, 1.165) is 0 Å². The summed E-state index contributed by atoms with van der Waals surface area (Å²) in [6, 6.07) is 0. The lowest BCUT2D eigenvalue weighted by Gasteiger charge is -2.00. The zero-order valence-electron chi connectivity index (χ0n) is 4.44. The van der Waals surface area contributed by atoms with Gasteiger partial charge in [0, 0.05) is 13.1 Å². The molecule has 0 aromatic rings. The second-order valence-electron chi connectivity index (χ2n) is 1.30. The number of hydrogen-bond acceptors (Lipinski definition) is 3. The molecule has 0 aromatic carbocycles. The van der Waals surface area contributed by atoms with Crippen molar-refractivity contribution in [3.63, 3.8) is 0 Å². The molecule has 0 heterocycles. The number of rotatable bonds is 3. The number of nitrogens with one attached hydrogen (secondary N) is 1. The maximum absolute atomic E-state index is 8.43. The molecule has 0 aliphatic rings. The Bertz CT molecular complexity index is 38.7. The maximum atomic E-state index is 8.43. The van der Waals surface area contributed by atoms with Gasteiger partial charge in [0.25, 0.3) is 0 Å². The van der Waals surface area contributed by atoms with Gasteiger partial charge in [0.1, 0.15) is 0 Å². The lowest BCUT2D eigenvalue weighted by atomic mass is 10.6. The Balaban J connectivity index is 2.68. The molecule has 0 fully saturated rings. The van der Waals surface area contributed by atoms with E-state index in [9.17, 15) is 0 Å². The van der Waals surface area contributed by atoms with Gasteiger partial charge >= 0.3 is 0 Å². The van der Waals surface area contributed by atoms with Crippen LogP contribution in [0.5, 0.6) is 0 Å². The minimum Gasteiger partial charge on any atom is -0.372 e. The lowest BCUT2D eigenvalue weighted by molar-refractivity contribution is 0.272. The van der Waals surface area contributed by atoms with Gasteiger partial charge in [-0.3, -0.25) is 5.32 Å². The first-order valence-corrected chi connectivity index (χ1v) is 2.24. The van der Waals surface area contributed by atoms with Gasteiger partial charge in [-0.25, -0.2) is 0 Å². The highest BCUT2D eigenvalue weighted by Crippen LogP contribution is 1.77. The fourth-order valence-electron chi connectivity index (χ4n) is 0.253. The number of hydrogen-bond donors (Lipinski definition) is 3. The van der Waals surface area contributed by atoms with E-state index in [0.29, 0.717) is 13.1 Å². The summed E-state index contributed by atoms with van der Waals surface area (Å²) < 4.78 is 0. The summed E-state index contributed by atoms with van der Waals surface area (Å²) in [6.07, 6.45) is 0.227. The van der Waals surface area contributed by atoms with Crippen LogP contribution < -0.4 is 11.1 Å². The summed E-state index contributed by atoms with van der Waals surface area (Å²) in [4.78, 5) is 0. The molecule has 0 bridgehead atoms. The molecule has 0 unspecified atom stereocenters. The van der Waals surface area contributed by atoms with Crippen LogP contribution in [0.15, 0.2) is 0 Å². The van der Waals surface area contributed by atoms with E-state index >= 15 is 0 Å². The Kier molecular flexibility index (Phi) is 3.98. The van der Waals surface area contributed by atoms with Crippen LogP contribution in [0, 0.1) is 6.23 Å². The third-order valence-corrected chi connectivity index (χ3v) is 0.525. The van der Waals surface area contributed by atoms with Crippen LogP contribution in [0.4, 0.5) is 0 Å². The molecule has 0 atom stereocenters. The zero-order valence-corrected chi connectivity index (χ0v) is 4.44. The van der Waals surface area contributed by atoms with Crippen molar-refractivity contribution in [2.75, 3.05) is 13.1 Å². The van der Waals surface area contributed by atoms with Gasteiger partial charge in [-0.15, -0.1) is 0 Å². The topological polar surface area (TPSA) is 58.3 Å². The van der Waals surface area contributed by atoms with Crippen LogP contribution in [0.2, 0.25) is 0 Å². The molecule has 0 saturated heterocycles. The molecule has 0 spiro atoms. The van der Waals surface area contributed by atoms with E-state index in [1.54, 1.807) is 6.92 Å². The van der Waals surface area contributed by atoms with Crippen molar-refractivity contribution in [3.8, 4) is 0 Å². The fourth-order valence-corrected chi connectivity index (χ4v) is 0.253. The predicted octanol–water partition coefficient (Wildman–Crippen LogP) is -0.583. The molecule has 0 aliphatic heterocycles. The van der Waals surface area contributed by atoms with E-state index in [-0.39, 0.29) is 6.23 Å². The van der Waals surface area contributed by atoms with Gasteiger partial charge in [0.15, 0.2) is 6.23 Å². The molecule has 0 saturated carbocycles. The fraction of sp³-hybridized carbons (Fsp3) is 0.750. The minimum atomic E-state index is 0.227. The predicted molar refractivity (Wildman–Crippen MR) is 27.9 cm³/mol. The lowest BCUT2D eigenvalue weighted by Crippen LogP contribution is -2.24. The maximum Gasteiger partial charge on any atom is 0.155 e. The summed E-state index contributed by atoms with van der Waals surface area (Å²) in [6.45, 7) is 2.77. The largest absolute Gasteiger partial charge is 0.372 e. The molecule has 7 heavy (non-hydrogen) atoms. The summed E-state index contributed by atoms with van der Waals surface area (Å²) >= 11 is 0. The SMILES string of the molecule is C[C](O)NCCN. The van der Waals surface area contributed by atoms with Crippen LogP contribution in [0.25, 0.3) is 0 Å². The summed E-state index contributed by atoms with van der Waals surface area (Å²) in [5.41, 5.74) is 5.09. The summed E-state index contributed by atoms with van der Waals surface area (Å²) in [5, 5.41) is 11.1. The van der Waals surface area contributed by atoms with Crippen molar-refractivity contribution >= 4 is 0 Å². The van der Waals surface area contributed by atoms with Crippen molar-refractivity contribution in [1.82, 2.24) is 5.32 Å². The number of aliphatic hydroxyl groups excluding tert-OH is 1. The molecule has 1 radical (unpaired) electrons. The van der Waals surface area contributed by atoms with Crippen molar-refractivity contribution in [3.05, 3.63) is 6.23 Å². The van der Waals surface area contributed by atoms with Crippen LogP contribution in [-0.2, 0) is 0 Å². The normalized spacial score (nSPS) is 10.3. The van der Waals surface area contributed by atoms with Crippen molar-refractivity contribution in [1.29, 1.82) is 0 Å².